The monoisotopic (exact) mass is 401 g/mol. The highest BCUT2D eigenvalue weighted by atomic mass is 16.4. The first kappa shape index (κ1) is 21.3. The zero-order valence-corrected chi connectivity index (χ0v) is 17.2. The predicted molar refractivity (Wildman–Crippen MR) is 111 cm³/mol. The maximum atomic E-state index is 12.9. The Bertz CT molecular complexity index is 769. The van der Waals surface area contributed by atoms with Crippen LogP contribution in [0.5, 0.6) is 0 Å². The van der Waals surface area contributed by atoms with Crippen LogP contribution in [0.2, 0.25) is 0 Å². The summed E-state index contributed by atoms with van der Waals surface area (Å²) < 4.78 is 0. The van der Waals surface area contributed by atoms with Gasteiger partial charge in [-0.2, -0.15) is 0 Å². The molecule has 0 saturated heterocycles. The lowest BCUT2D eigenvalue weighted by Gasteiger charge is -2.39. The van der Waals surface area contributed by atoms with E-state index in [9.17, 15) is 14.4 Å². The van der Waals surface area contributed by atoms with Crippen LogP contribution in [0.15, 0.2) is 24.3 Å². The van der Waals surface area contributed by atoms with Crippen molar-refractivity contribution in [3.63, 3.8) is 0 Å². The van der Waals surface area contributed by atoms with Crippen LogP contribution in [0.4, 0.5) is 5.69 Å². The van der Waals surface area contributed by atoms with Gasteiger partial charge >= 0.3 is 5.97 Å². The maximum Gasteiger partial charge on any atom is 0.335 e. The number of likely N-dealkylation sites (N-methyl/N-ethyl adjacent to an activating group) is 1. The van der Waals surface area contributed by atoms with Crippen molar-refractivity contribution >= 4 is 23.5 Å². The van der Waals surface area contributed by atoms with Crippen LogP contribution in [-0.4, -0.2) is 54.0 Å². The first-order valence-corrected chi connectivity index (χ1v) is 10.4. The number of carboxylic acid groups (broad SMARTS) is 1. The molecule has 2 aliphatic carbocycles. The second-order valence-corrected chi connectivity index (χ2v) is 8.42. The van der Waals surface area contributed by atoms with Crippen LogP contribution < -0.4 is 10.6 Å². The van der Waals surface area contributed by atoms with Gasteiger partial charge in [0.1, 0.15) is 0 Å². The van der Waals surface area contributed by atoms with Crippen LogP contribution in [0.3, 0.4) is 0 Å². The number of amides is 2. The van der Waals surface area contributed by atoms with Crippen molar-refractivity contribution in [1.82, 2.24) is 4.90 Å². The Balaban J connectivity index is 1.55. The summed E-state index contributed by atoms with van der Waals surface area (Å²) >= 11 is 0. The van der Waals surface area contributed by atoms with Crippen LogP contribution in [0.25, 0.3) is 0 Å². The molecule has 29 heavy (non-hydrogen) atoms. The number of carboxylic acids is 1. The summed E-state index contributed by atoms with van der Waals surface area (Å²) in [7, 11) is 3.53. The van der Waals surface area contributed by atoms with E-state index in [0.29, 0.717) is 24.6 Å². The van der Waals surface area contributed by atoms with Crippen molar-refractivity contribution < 1.29 is 19.5 Å². The second-order valence-electron chi connectivity index (χ2n) is 8.42. The van der Waals surface area contributed by atoms with Gasteiger partial charge in [-0.05, 0) is 69.1 Å². The molecular formula is C22H31N3O4. The molecule has 0 aromatic heterocycles. The third-order valence-electron chi connectivity index (χ3n) is 6.70. The van der Waals surface area contributed by atoms with E-state index in [1.165, 1.54) is 23.5 Å². The van der Waals surface area contributed by atoms with E-state index in [1.807, 2.05) is 11.9 Å². The molecule has 7 nitrogen and oxygen atoms in total. The Labute approximate surface area is 171 Å². The third-order valence-corrected chi connectivity index (χ3v) is 6.70. The number of nitrogens with zero attached hydrogens (tertiary/aromatic N) is 2. The predicted octanol–water partition coefficient (Wildman–Crippen LogP) is 2.49. The number of rotatable bonds is 6. The molecule has 0 aliphatic heterocycles. The lowest BCUT2D eigenvalue weighted by Crippen LogP contribution is -2.52. The molecule has 158 valence electrons. The summed E-state index contributed by atoms with van der Waals surface area (Å²) in [4.78, 5) is 40.1. The highest BCUT2D eigenvalue weighted by molar-refractivity contribution is 5.96. The molecule has 1 aromatic carbocycles. The number of benzene rings is 1. The minimum absolute atomic E-state index is 0.0162. The molecule has 3 rings (SSSR count). The quantitative estimate of drug-likeness (QED) is 0.762. The number of aromatic carboxylic acids is 1. The second kappa shape index (κ2) is 8.95. The van der Waals surface area contributed by atoms with Gasteiger partial charge in [-0.15, -0.1) is 0 Å². The number of nitrogens with two attached hydrogens (primary N) is 1. The van der Waals surface area contributed by atoms with E-state index in [-0.39, 0.29) is 29.2 Å². The Morgan fingerprint density at radius 2 is 1.72 bits per heavy atom. The molecule has 7 heteroatoms. The van der Waals surface area contributed by atoms with Gasteiger partial charge in [-0.3, -0.25) is 9.59 Å². The molecule has 2 amide bonds. The van der Waals surface area contributed by atoms with Crippen LogP contribution in [-0.2, 0) is 9.59 Å². The Hall–Kier alpha value is -2.41. The van der Waals surface area contributed by atoms with Gasteiger partial charge in [0.15, 0.2) is 0 Å². The minimum atomic E-state index is -1.02. The Morgan fingerprint density at radius 3 is 2.28 bits per heavy atom. The molecule has 2 aliphatic rings. The van der Waals surface area contributed by atoms with Crippen molar-refractivity contribution in [1.29, 1.82) is 0 Å². The smallest absolute Gasteiger partial charge is 0.335 e. The summed E-state index contributed by atoms with van der Waals surface area (Å²) in [6.07, 6.45) is 6.20. The van der Waals surface area contributed by atoms with E-state index in [0.717, 1.165) is 25.7 Å². The van der Waals surface area contributed by atoms with Gasteiger partial charge in [0.05, 0.1) is 11.6 Å². The zero-order valence-electron chi connectivity index (χ0n) is 17.2. The number of carbonyl (C=O) groups is 3. The summed E-state index contributed by atoms with van der Waals surface area (Å²) in [5.41, 5.74) is 7.02. The van der Waals surface area contributed by atoms with Crippen LogP contribution in [0, 0.1) is 11.8 Å². The first-order chi connectivity index (χ1) is 13.8. The first-order valence-electron chi connectivity index (χ1n) is 10.4. The Morgan fingerprint density at radius 1 is 1.07 bits per heavy atom. The standard InChI is InChI=1S/C22H31N3O4/c1-24(17-6-4-7-17)21(27)19(23)14-9-11-15(12-10-14)20(26)25(2)18-8-3-5-16(13-18)22(28)29/h3,5,8,13-15,17,19H,4,6-7,9-12,23H2,1-2H3,(H,28,29)/t14?,15?,19-/m0/s1. The number of anilines is 1. The van der Waals surface area contributed by atoms with Gasteiger partial charge in [-0.25, -0.2) is 4.79 Å². The highest BCUT2D eigenvalue weighted by Crippen LogP contribution is 2.33. The fourth-order valence-corrected chi connectivity index (χ4v) is 4.36. The van der Waals surface area contributed by atoms with E-state index in [4.69, 9.17) is 10.8 Å². The molecule has 3 N–H and O–H groups in total. The van der Waals surface area contributed by atoms with Gasteiger partial charge in [0, 0.05) is 31.7 Å². The Kier molecular flexibility index (Phi) is 6.57. The van der Waals surface area contributed by atoms with Gasteiger partial charge in [0.25, 0.3) is 0 Å². The maximum absolute atomic E-state index is 12.9. The third kappa shape index (κ3) is 4.61. The molecular weight excluding hydrogens is 370 g/mol. The number of hydrogen-bond acceptors (Lipinski definition) is 4. The lowest BCUT2D eigenvalue weighted by molar-refractivity contribution is -0.136. The minimum Gasteiger partial charge on any atom is -0.478 e. The molecule has 1 atom stereocenters. The number of hydrogen-bond donors (Lipinski definition) is 2. The average Bonchev–Trinajstić information content (AvgIpc) is 2.70. The average molecular weight is 402 g/mol. The normalized spacial score (nSPS) is 23.0. The van der Waals surface area contributed by atoms with Crippen molar-refractivity contribution in [2.45, 2.75) is 57.0 Å². The fraction of sp³-hybridized carbons (Fsp3) is 0.591. The van der Waals surface area contributed by atoms with E-state index < -0.39 is 12.0 Å². The lowest BCUT2D eigenvalue weighted by atomic mass is 9.77. The van der Waals surface area contributed by atoms with Crippen molar-refractivity contribution in [3.8, 4) is 0 Å². The molecule has 1 aromatic rings. The topological polar surface area (TPSA) is 104 Å². The van der Waals surface area contributed by atoms with Gasteiger partial charge in [-0.1, -0.05) is 6.07 Å². The fourth-order valence-electron chi connectivity index (χ4n) is 4.36. The molecule has 2 fully saturated rings. The van der Waals surface area contributed by atoms with Crippen LogP contribution in [0.1, 0.15) is 55.3 Å². The van der Waals surface area contributed by atoms with E-state index in [1.54, 1.807) is 19.2 Å². The summed E-state index contributed by atoms with van der Waals surface area (Å²) in [6.45, 7) is 0. The summed E-state index contributed by atoms with van der Waals surface area (Å²) in [6, 6.07) is 6.23. The highest BCUT2D eigenvalue weighted by Gasteiger charge is 2.36. The molecule has 0 heterocycles. The zero-order chi connectivity index (χ0) is 21.1. The molecule has 0 radical (unpaired) electrons. The van der Waals surface area contributed by atoms with Gasteiger partial charge < -0.3 is 20.6 Å². The van der Waals surface area contributed by atoms with E-state index >= 15 is 0 Å². The van der Waals surface area contributed by atoms with Crippen molar-refractivity contribution in [2.24, 2.45) is 17.6 Å². The van der Waals surface area contributed by atoms with Crippen molar-refractivity contribution in [2.75, 3.05) is 19.0 Å². The summed E-state index contributed by atoms with van der Waals surface area (Å²) in [5, 5.41) is 9.15. The number of carbonyl (C=O) groups excluding carboxylic acids is 2. The summed E-state index contributed by atoms with van der Waals surface area (Å²) in [5.74, 6) is -1.03. The molecule has 0 bridgehead atoms. The van der Waals surface area contributed by atoms with Crippen molar-refractivity contribution in [3.05, 3.63) is 29.8 Å². The van der Waals surface area contributed by atoms with Gasteiger partial charge in [0.2, 0.25) is 11.8 Å². The molecule has 2 saturated carbocycles. The SMILES string of the molecule is CN(C(=O)C1CCC([C@H](N)C(=O)N(C)C2CCC2)CC1)c1cccc(C(=O)O)c1. The molecule has 0 spiro atoms. The van der Waals surface area contributed by atoms with Crippen LogP contribution >= 0.6 is 0 Å². The largest absolute Gasteiger partial charge is 0.478 e. The van der Waals surface area contributed by atoms with E-state index in [2.05, 4.69) is 0 Å². The molecule has 0 unspecified atom stereocenters.